The Labute approximate surface area is 154 Å². The van der Waals surface area contributed by atoms with E-state index < -0.39 is 16.5 Å². The first-order valence-electron chi connectivity index (χ1n) is 8.30. The predicted octanol–water partition coefficient (Wildman–Crippen LogP) is 2.76. The Morgan fingerprint density at radius 1 is 1.04 bits per heavy atom. The minimum atomic E-state index is -3.98. The molecule has 2 aromatic carbocycles. The van der Waals surface area contributed by atoms with Crippen molar-refractivity contribution in [1.82, 2.24) is 9.91 Å². The average molecular weight is 373 g/mol. The number of nitrogens with zero attached hydrogens (tertiary/aromatic N) is 2. The molecule has 2 N–H and O–H groups in total. The largest absolute Gasteiger partial charge is 0.328 e. The van der Waals surface area contributed by atoms with Gasteiger partial charge in [-0.25, -0.2) is 10.0 Å². The maximum atomic E-state index is 12.9. The van der Waals surface area contributed by atoms with Crippen molar-refractivity contribution in [3.05, 3.63) is 77.1 Å². The van der Waals surface area contributed by atoms with Gasteiger partial charge < -0.3 is 4.90 Å². The number of nitrogens with two attached hydrogens (primary N) is 1. The third-order valence-electron chi connectivity index (χ3n) is 4.24. The first-order chi connectivity index (χ1) is 12.3. The van der Waals surface area contributed by atoms with E-state index >= 15 is 0 Å². The second-order valence-corrected chi connectivity index (χ2v) is 8.02. The maximum Gasteiger partial charge on any atom is 0.301 e. The summed E-state index contributed by atoms with van der Waals surface area (Å²) in [5.74, 6) is 5.92. The minimum absolute atomic E-state index is 0.197. The highest BCUT2D eigenvalue weighted by molar-refractivity contribution is 7.86. The van der Waals surface area contributed by atoms with Crippen LogP contribution in [0.2, 0.25) is 0 Å². The van der Waals surface area contributed by atoms with Gasteiger partial charge in [-0.15, -0.1) is 0 Å². The van der Waals surface area contributed by atoms with Gasteiger partial charge in [0.05, 0.1) is 0 Å². The van der Waals surface area contributed by atoms with E-state index in [-0.39, 0.29) is 4.90 Å². The van der Waals surface area contributed by atoms with Crippen molar-refractivity contribution in [2.45, 2.75) is 38.6 Å². The Balaban J connectivity index is 1.86. The number of hydrazine groups is 1. The van der Waals surface area contributed by atoms with Crippen molar-refractivity contribution in [3.8, 4) is 0 Å². The molecular weight excluding hydrogens is 350 g/mol. The molecule has 0 radical (unpaired) electrons. The molecule has 138 valence electrons. The highest BCUT2D eigenvalue weighted by atomic mass is 32.2. The van der Waals surface area contributed by atoms with Gasteiger partial charge in [0.1, 0.15) is 4.90 Å². The molecule has 1 atom stereocenters. The van der Waals surface area contributed by atoms with Gasteiger partial charge in [-0.1, -0.05) is 48.0 Å². The zero-order valence-electron chi connectivity index (χ0n) is 15.1. The molecule has 6 nitrogen and oxygen atoms in total. The van der Waals surface area contributed by atoms with Crippen molar-refractivity contribution in [1.29, 1.82) is 0 Å². The number of rotatable bonds is 5. The molecule has 7 heteroatoms. The zero-order valence-corrected chi connectivity index (χ0v) is 15.9. The van der Waals surface area contributed by atoms with Gasteiger partial charge in [0.15, 0.2) is 0 Å². The van der Waals surface area contributed by atoms with Crippen LogP contribution in [0.3, 0.4) is 0 Å². The molecule has 0 aliphatic carbocycles. The Kier molecular flexibility index (Phi) is 5.04. The lowest BCUT2D eigenvalue weighted by Gasteiger charge is -2.29. The van der Waals surface area contributed by atoms with Crippen LogP contribution in [0.5, 0.6) is 0 Å². The molecule has 2 aromatic rings. The van der Waals surface area contributed by atoms with Crippen LogP contribution in [0, 0.1) is 20.8 Å². The van der Waals surface area contributed by atoms with Crippen LogP contribution in [0.1, 0.15) is 22.3 Å². The van der Waals surface area contributed by atoms with Gasteiger partial charge in [-0.3, -0.25) is 5.01 Å². The first-order valence-corrected chi connectivity index (χ1v) is 9.71. The summed E-state index contributed by atoms with van der Waals surface area (Å²) in [6, 6.07) is 13.4. The van der Waals surface area contributed by atoms with E-state index in [1.165, 1.54) is 5.01 Å². The van der Waals surface area contributed by atoms with Crippen LogP contribution in [0.4, 0.5) is 0 Å². The number of hydrogen-bond donors (Lipinski definition) is 1. The summed E-state index contributed by atoms with van der Waals surface area (Å²) in [5.41, 5.74) is 3.35. The lowest BCUT2D eigenvalue weighted by atomic mass is 10.1. The van der Waals surface area contributed by atoms with Gasteiger partial charge in [-0.05, 0) is 37.5 Å². The predicted molar refractivity (Wildman–Crippen MR) is 99.9 cm³/mol. The fourth-order valence-corrected chi connectivity index (χ4v) is 4.67. The third-order valence-corrected chi connectivity index (χ3v) is 5.81. The highest BCUT2D eigenvalue weighted by Crippen LogP contribution is 2.27. The van der Waals surface area contributed by atoms with Crippen molar-refractivity contribution in [3.63, 3.8) is 0 Å². The molecule has 3 rings (SSSR count). The summed E-state index contributed by atoms with van der Waals surface area (Å²) >= 11 is 0. The number of aryl methyl sites for hydroxylation is 3. The summed E-state index contributed by atoms with van der Waals surface area (Å²) in [5, 5.41) is 1.25. The lowest BCUT2D eigenvalue weighted by Crippen LogP contribution is -2.45. The fourth-order valence-electron chi connectivity index (χ4n) is 3.23. The Morgan fingerprint density at radius 3 is 2.27 bits per heavy atom. The van der Waals surface area contributed by atoms with Crippen molar-refractivity contribution in [2.75, 3.05) is 0 Å². The van der Waals surface area contributed by atoms with Crippen molar-refractivity contribution in [2.24, 2.45) is 5.84 Å². The van der Waals surface area contributed by atoms with Gasteiger partial charge >= 0.3 is 10.1 Å². The SMILES string of the molecule is Cc1cc(C)c(S(=O)(=O)OC2N(N)C=CN2Cc2ccccc2)c(C)c1. The van der Waals surface area contributed by atoms with Gasteiger partial charge in [0, 0.05) is 18.9 Å². The van der Waals surface area contributed by atoms with E-state index in [9.17, 15) is 8.42 Å². The van der Waals surface area contributed by atoms with E-state index in [2.05, 4.69) is 0 Å². The summed E-state index contributed by atoms with van der Waals surface area (Å²) in [4.78, 5) is 1.94. The number of benzene rings is 2. The molecule has 0 bridgehead atoms. The first kappa shape index (κ1) is 18.4. The molecule has 0 aromatic heterocycles. The molecule has 1 aliphatic rings. The van der Waals surface area contributed by atoms with E-state index in [1.807, 2.05) is 49.4 Å². The monoisotopic (exact) mass is 373 g/mol. The lowest BCUT2D eigenvalue weighted by molar-refractivity contribution is -0.0255. The third kappa shape index (κ3) is 3.75. The Bertz CT molecular complexity index is 903. The second-order valence-electron chi connectivity index (χ2n) is 6.51. The van der Waals surface area contributed by atoms with E-state index in [4.69, 9.17) is 10.0 Å². The molecular formula is C19H23N3O3S. The molecule has 0 saturated heterocycles. The van der Waals surface area contributed by atoms with Crippen LogP contribution in [-0.2, 0) is 20.8 Å². The van der Waals surface area contributed by atoms with Gasteiger partial charge in [0.25, 0.3) is 0 Å². The van der Waals surface area contributed by atoms with Gasteiger partial charge in [0.2, 0.25) is 6.35 Å². The van der Waals surface area contributed by atoms with Crippen LogP contribution < -0.4 is 5.84 Å². The fraction of sp³-hybridized carbons (Fsp3) is 0.263. The molecule has 0 amide bonds. The highest BCUT2D eigenvalue weighted by Gasteiger charge is 2.33. The normalized spacial score (nSPS) is 17.2. The summed E-state index contributed by atoms with van der Waals surface area (Å²) in [6.07, 6.45) is 2.39. The van der Waals surface area contributed by atoms with Crippen LogP contribution in [-0.4, -0.2) is 24.7 Å². The number of hydrogen-bond acceptors (Lipinski definition) is 6. The molecule has 0 saturated carbocycles. The molecule has 0 spiro atoms. The maximum absolute atomic E-state index is 12.9. The molecule has 1 unspecified atom stereocenters. The topological polar surface area (TPSA) is 75.9 Å². The zero-order chi connectivity index (χ0) is 18.9. The summed E-state index contributed by atoms with van der Waals surface area (Å²) < 4.78 is 31.4. The van der Waals surface area contributed by atoms with Crippen LogP contribution >= 0.6 is 0 Å². The van der Waals surface area contributed by atoms with Crippen molar-refractivity contribution >= 4 is 10.1 Å². The van der Waals surface area contributed by atoms with Crippen LogP contribution in [0.15, 0.2) is 59.8 Å². The summed E-state index contributed by atoms with van der Waals surface area (Å²) in [6.45, 7) is 5.95. The van der Waals surface area contributed by atoms with E-state index in [1.54, 1.807) is 31.1 Å². The molecule has 26 heavy (non-hydrogen) atoms. The standard InChI is InChI=1S/C19H23N3O3S/c1-14-11-15(2)18(16(3)12-14)26(23,24)25-19-21(9-10-22(19)20)13-17-7-5-4-6-8-17/h4-12,19H,13,20H2,1-3H3. The second kappa shape index (κ2) is 7.11. The van der Waals surface area contributed by atoms with Crippen LogP contribution in [0.25, 0.3) is 0 Å². The average Bonchev–Trinajstić information content (AvgIpc) is 2.87. The van der Waals surface area contributed by atoms with Gasteiger partial charge in [-0.2, -0.15) is 8.42 Å². The molecule has 0 fully saturated rings. The quantitative estimate of drug-likeness (QED) is 0.642. The smallest absolute Gasteiger partial charge is 0.301 e. The Morgan fingerprint density at radius 2 is 1.65 bits per heavy atom. The summed E-state index contributed by atoms with van der Waals surface area (Å²) in [7, 11) is -3.98. The molecule has 1 heterocycles. The Hall–Kier alpha value is -2.35. The van der Waals surface area contributed by atoms with E-state index in [0.29, 0.717) is 17.7 Å². The minimum Gasteiger partial charge on any atom is -0.328 e. The van der Waals surface area contributed by atoms with E-state index in [0.717, 1.165) is 11.1 Å². The van der Waals surface area contributed by atoms with Crippen molar-refractivity contribution < 1.29 is 12.6 Å². The molecule has 1 aliphatic heterocycles.